The average Bonchev–Trinajstić information content (AvgIpc) is 1.87. The Kier molecular flexibility index (Phi) is 4.67. The molecule has 0 amide bonds. The summed E-state index contributed by atoms with van der Waals surface area (Å²) in [5, 5.41) is 1.73. The van der Waals surface area contributed by atoms with Crippen molar-refractivity contribution in [3.63, 3.8) is 0 Å². The molecule has 0 unspecified atom stereocenters. The van der Waals surface area contributed by atoms with Gasteiger partial charge in [-0.15, -0.1) is 0 Å². The summed E-state index contributed by atoms with van der Waals surface area (Å²) in [6.07, 6.45) is 0.994. The minimum Gasteiger partial charge on any atom is -0.326 e. The predicted octanol–water partition coefficient (Wildman–Crippen LogP) is 0.217. The molecule has 0 fully saturated rings. The van der Waals surface area contributed by atoms with E-state index in [9.17, 15) is 0 Å². The Morgan fingerprint density at radius 1 is 1.67 bits per heavy atom. The summed E-state index contributed by atoms with van der Waals surface area (Å²) < 4.78 is 0. The maximum atomic E-state index is 5.63. The average molecular weight is 132 g/mol. The number of rotatable bonds is 4. The second kappa shape index (κ2) is 4.73. The predicted molar refractivity (Wildman–Crippen MR) is 37.9 cm³/mol. The Bertz CT molecular complexity index is 60.1. The molecule has 2 N–H and O–H groups in total. The third-order valence-electron chi connectivity index (χ3n) is 1.33. The van der Waals surface area contributed by atoms with Gasteiger partial charge in [-0.05, 0) is 6.42 Å². The SMILES string of the molecule is CC[C@@H](N)CN(C)OC. The van der Waals surface area contributed by atoms with Crippen LogP contribution in [0.3, 0.4) is 0 Å². The molecule has 0 aromatic rings. The van der Waals surface area contributed by atoms with Crippen molar-refractivity contribution in [3.05, 3.63) is 0 Å². The van der Waals surface area contributed by atoms with Gasteiger partial charge < -0.3 is 10.6 Å². The highest BCUT2D eigenvalue weighted by Crippen LogP contribution is 1.89. The third kappa shape index (κ3) is 4.39. The molecule has 0 bridgehead atoms. The fraction of sp³-hybridized carbons (Fsp3) is 1.00. The van der Waals surface area contributed by atoms with Crippen LogP contribution in [0, 0.1) is 0 Å². The molecule has 0 saturated carbocycles. The molecule has 0 aliphatic rings. The van der Waals surface area contributed by atoms with E-state index in [1.807, 2.05) is 7.05 Å². The molecule has 0 aliphatic heterocycles. The first kappa shape index (κ1) is 8.88. The Morgan fingerprint density at radius 2 is 2.22 bits per heavy atom. The largest absolute Gasteiger partial charge is 0.326 e. The molecule has 0 aromatic heterocycles. The van der Waals surface area contributed by atoms with Gasteiger partial charge >= 0.3 is 0 Å². The Balaban J connectivity index is 3.22. The molecule has 0 rings (SSSR count). The quantitative estimate of drug-likeness (QED) is 0.556. The molecule has 0 saturated heterocycles. The van der Waals surface area contributed by atoms with Crippen molar-refractivity contribution in [2.75, 3.05) is 20.7 Å². The number of nitrogens with zero attached hydrogens (tertiary/aromatic N) is 1. The summed E-state index contributed by atoms with van der Waals surface area (Å²) >= 11 is 0. The first-order valence-electron chi connectivity index (χ1n) is 3.21. The van der Waals surface area contributed by atoms with Gasteiger partial charge in [-0.2, -0.15) is 5.06 Å². The fourth-order valence-electron chi connectivity index (χ4n) is 0.534. The lowest BCUT2D eigenvalue weighted by Crippen LogP contribution is -2.33. The highest BCUT2D eigenvalue weighted by Gasteiger charge is 2.01. The van der Waals surface area contributed by atoms with Crippen LogP contribution in [0.2, 0.25) is 0 Å². The maximum absolute atomic E-state index is 5.63. The van der Waals surface area contributed by atoms with Crippen LogP contribution in [0.4, 0.5) is 0 Å². The summed E-state index contributed by atoms with van der Waals surface area (Å²) in [6.45, 7) is 2.86. The van der Waals surface area contributed by atoms with E-state index in [1.165, 1.54) is 0 Å². The molecule has 0 spiro atoms. The highest BCUT2D eigenvalue weighted by atomic mass is 16.7. The van der Waals surface area contributed by atoms with Crippen LogP contribution in [-0.4, -0.2) is 31.8 Å². The molecule has 0 aliphatic carbocycles. The number of likely N-dealkylation sites (N-methyl/N-ethyl adjacent to an activating group) is 1. The molecular formula is C6H16N2O. The molecular weight excluding hydrogens is 116 g/mol. The third-order valence-corrected chi connectivity index (χ3v) is 1.33. The van der Waals surface area contributed by atoms with Gasteiger partial charge in [-0.25, -0.2) is 0 Å². The normalized spacial score (nSPS) is 14.3. The van der Waals surface area contributed by atoms with Gasteiger partial charge in [0.25, 0.3) is 0 Å². The van der Waals surface area contributed by atoms with Gasteiger partial charge in [0.1, 0.15) is 0 Å². The molecule has 0 radical (unpaired) electrons. The fourth-order valence-corrected chi connectivity index (χ4v) is 0.534. The van der Waals surface area contributed by atoms with E-state index in [0.29, 0.717) is 0 Å². The van der Waals surface area contributed by atoms with Crippen molar-refractivity contribution in [3.8, 4) is 0 Å². The number of hydrogen-bond acceptors (Lipinski definition) is 3. The first-order chi connectivity index (χ1) is 4.20. The van der Waals surface area contributed by atoms with Crippen molar-refractivity contribution < 1.29 is 4.84 Å². The van der Waals surface area contributed by atoms with Crippen LogP contribution in [0.25, 0.3) is 0 Å². The topological polar surface area (TPSA) is 38.5 Å². The van der Waals surface area contributed by atoms with E-state index < -0.39 is 0 Å². The van der Waals surface area contributed by atoms with Crippen molar-refractivity contribution in [1.82, 2.24) is 5.06 Å². The van der Waals surface area contributed by atoms with Gasteiger partial charge in [0.2, 0.25) is 0 Å². The van der Waals surface area contributed by atoms with E-state index in [0.717, 1.165) is 13.0 Å². The van der Waals surface area contributed by atoms with Gasteiger partial charge in [0.15, 0.2) is 0 Å². The smallest absolute Gasteiger partial charge is 0.0575 e. The van der Waals surface area contributed by atoms with Crippen LogP contribution >= 0.6 is 0 Å². The van der Waals surface area contributed by atoms with Gasteiger partial charge in [0, 0.05) is 19.6 Å². The van der Waals surface area contributed by atoms with Crippen LogP contribution < -0.4 is 5.73 Å². The van der Waals surface area contributed by atoms with Crippen molar-refractivity contribution in [2.45, 2.75) is 19.4 Å². The zero-order valence-corrected chi connectivity index (χ0v) is 6.42. The van der Waals surface area contributed by atoms with E-state index >= 15 is 0 Å². The summed E-state index contributed by atoms with van der Waals surface area (Å²) in [4.78, 5) is 4.88. The number of nitrogens with two attached hydrogens (primary N) is 1. The van der Waals surface area contributed by atoms with Gasteiger partial charge in [0.05, 0.1) is 7.11 Å². The van der Waals surface area contributed by atoms with E-state index in [-0.39, 0.29) is 6.04 Å². The standard InChI is InChI=1S/C6H16N2O/c1-4-6(7)5-8(2)9-3/h6H,4-5,7H2,1-3H3/t6-/m1/s1. The van der Waals surface area contributed by atoms with Crippen molar-refractivity contribution >= 4 is 0 Å². The number of hydrogen-bond donors (Lipinski definition) is 1. The monoisotopic (exact) mass is 132 g/mol. The second-order valence-corrected chi connectivity index (χ2v) is 2.16. The number of hydroxylamine groups is 2. The van der Waals surface area contributed by atoms with Crippen LogP contribution in [0.5, 0.6) is 0 Å². The van der Waals surface area contributed by atoms with Crippen LogP contribution in [-0.2, 0) is 4.84 Å². The lowest BCUT2D eigenvalue weighted by molar-refractivity contribution is -0.112. The molecule has 56 valence electrons. The van der Waals surface area contributed by atoms with E-state index in [4.69, 9.17) is 10.6 Å². The lowest BCUT2D eigenvalue weighted by Gasteiger charge is -2.16. The van der Waals surface area contributed by atoms with Crippen molar-refractivity contribution in [2.24, 2.45) is 5.73 Å². The Morgan fingerprint density at radius 3 is 2.56 bits per heavy atom. The Labute approximate surface area is 56.7 Å². The molecule has 3 heteroatoms. The zero-order valence-electron chi connectivity index (χ0n) is 6.42. The molecule has 3 nitrogen and oxygen atoms in total. The minimum atomic E-state index is 0.231. The van der Waals surface area contributed by atoms with Gasteiger partial charge in [-0.1, -0.05) is 6.92 Å². The van der Waals surface area contributed by atoms with Crippen LogP contribution in [0.15, 0.2) is 0 Å². The summed E-state index contributed by atoms with van der Waals surface area (Å²) in [6, 6.07) is 0.231. The molecule has 0 aromatic carbocycles. The summed E-state index contributed by atoms with van der Waals surface area (Å²) in [5.41, 5.74) is 5.63. The zero-order chi connectivity index (χ0) is 7.28. The summed E-state index contributed by atoms with van der Waals surface area (Å²) in [5.74, 6) is 0. The molecule has 9 heavy (non-hydrogen) atoms. The van der Waals surface area contributed by atoms with E-state index in [1.54, 1.807) is 12.2 Å². The van der Waals surface area contributed by atoms with E-state index in [2.05, 4.69) is 6.92 Å². The van der Waals surface area contributed by atoms with Gasteiger partial charge in [-0.3, -0.25) is 0 Å². The molecule has 1 atom stereocenters. The first-order valence-corrected chi connectivity index (χ1v) is 3.21. The maximum Gasteiger partial charge on any atom is 0.0575 e. The Hall–Kier alpha value is -0.120. The molecule has 0 heterocycles. The highest BCUT2D eigenvalue weighted by molar-refractivity contribution is 4.58. The van der Waals surface area contributed by atoms with Crippen LogP contribution in [0.1, 0.15) is 13.3 Å². The van der Waals surface area contributed by atoms with Crippen molar-refractivity contribution in [1.29, 1.82) is 0 Å². The minimum absolute atomic E-state index is 0.231. The summed E-state index contributed by atoms with van der Waals surface area (Å²) in [7, 11) is 3.51. The lowest BCUT2D eigenvalue weighted by atomic mass is 10.2. The second-order valence-electron chi connectivity index (χ2n) is 2.16.